The zero-order valence-corrected chi connectivity index (χ0v) is 9.87. The summed E-state index contributed by atoms with van der Waals surface area (Å²) in [5, 5.41) is 13.8. The molecule has 88 valence electrons. The smallest absolute Gasteiger partial charge is 0.244 e. The van der Waals surface area contributed by atoms with Gasteiger partial charge in [-0.05, 0) is 17.5 Å². The van der Waals surface area contributed by atoms with Crippen LogP contribution in [0.25, 0.3) is 6.08 Å². The number of hydrogen-bond donors (Lipinski definition) is 2. The van der Waals surface area contributed by atoms with Crippen molar-refractivity contribution in [3.8, 4) is 0 Å². The first-order valence-electron chi connectivity index (χ1n) is 4.89. The Labute approximate surface area is 98.6 Å². The predicted molar refractivity (Wildman–Crippen MR) is 64.2 cm³/mol. The number of amides is 1. The fraction of sp³-hybridized carbons (Fsp3) is 0.364. The molecule has 0 saturated carbocycles. The molecule has 4 nitrogen and oxygen atoms in total. The van der Waals surface area contributed by atoms with E-state index in [1.807, 2.05) is 17.5 Å². The van der Waals surface area contributed by atoms with E-state index in [0.717, 1.165) is 4.88 Å². The van der Waals surface area contributed by atoms with Gasteiger partial charge in [-0.2, -0.15) is 0 Å². The van der Waals surface area contributed by atoms with Crippen LogP contribution in [0.5, 0.6) is 0 Å². The molecular formula is C11H15NO3S. The standard InChI is InChI=1S/C11H15NO3S/c1-15-8-9(13)7-12-11(14)5-4-10-3-2-6-16-10/h2-6,9,13H,7-8H2,1H3,(H,12,14). The molecule has 16 heavy (non-hydrogen) atoms. The molecule has 1 unspecified atom stereocenters. The van der Waals surface area contributed by atoms with Gasteiger partial charge in [-0.3, -0.25) is 4.79 Å². The molecule has 1 amide bonds. The van der Waals surface area contributed by atoms with Crippen LogP contribution in [0.4, 0.5) is 0 Å². The zero-order chi connectivity index (χ0) is 11.8. The van der Waals surface area contributed by atoms with E-state index >= 15 is 0 Å². The van der Waals surface area contributed by atoms with Gasteiger partial charge < -0.3 is 15.2 Å². The highest BCUT2D eigenvalue weighted by Crippen LogP contribution is 2.09. The van der Waals surface area contributed by atoms with Gasteiger partial charge in [0.05, 0.1) is 12.7 Å². The molecule has 0 aromatic carbocycles. The van der Waals surface area contributed by atoms with E-state index in [0.29, 0.717) is 0 Å². The molecule has 0 radical (unpaired) electrons. The average Bonchev–Trinajstić information content (AvgIpc) is 2.77. The molecule has 1 rings (SSSR count). The van der Waals surface area contributed by atoms with Crippen molar-refractivity contribution in [3.63, 3.8) is 0 Å². The molecule has 5 heteroatoms. The summed E-state index contributed by atoms with van der Waals surface area (Å²) in [6, 6.07) is 3.85. The third kappa shape index (κ3) is 5.06. The summed E-state index contributed by atoms with van der Waals surface area (Å²) in [6.45, 7) is 0.413. The second-order valence-corrected chi connectivity index (χ2v) is 4.18. The van der Waals surface area contributed by atoms with E-state index in [9.17, 15) is 9.90 Å². The van der Waals surface area contributed by atoms with Crippen LogP contribution in [0.2, 0.25) is 0 Å². The number of aliphatic hydroxyl groups is 1. The first-order valence-corrected chi connectivity index (χ1v) is 5.76. The van der Waals surface area contributed by atoms with Gasteiger partial charge in [0, 0.05) is 24.6 Å². The number of rotatable bonds is 6. The van der Waals surface area contributed by atoms with Crippen molar-refractivity contribution >= 4 is 23.3 Å². The summed E-state index contributed by atoms with van der Waals surface area (Å²) < 4.78 is 4.74. The van der Waals surface area contributed by atoms with Crippen LogP contribution < -0.4 is 5.32 Å². The highest BCUT2D eigenvalue weighted by molar-refractivity contribution is 7.10. The van der Waals surface area contributed by atoms with Crippen molar-refractivity contribution in [1.82, 2.24) is 5.32 Å². The van der Waals surface area contributed by atoms with Crippen LogP contribution in [-0.4, -0.2) is 37.4 Å². The molecule has 0 aliphatic heterocycles. The predicted octanol–water partition coefficient (Wildman–Crippen LogP) is 0.885. The van der Waals surface area contributed by atoms with Crippen LogP contribution in [0, 0.1) is 0 Å². The summed E-state index contributed by atoms with van der Waals surface area (Å²) in [5.74, 6) is -0.219. The van der Waals surface area contributed by atoms with E-state index in [2.05, 4.69) is 5.32 Å². The van der Waals surface area contributed by atoms with Crippen molar-refractivity contribution in [1.29, 1.82) is 0 Å². The topological polar surface area (TPSA) is 58.6 Å². The summed E-state index contributed by atoms with van der Waals surface area (Å²) in [4.78, 5) is 12.3. The van der Waals surface area contributed by atoms with Crippen LogP contribution >= 0.6 is 11.3 Å². The maximum atomic E-state index is 11.3. The maximum absolute atomic E-state index is 11.3. The summed E-state index contributed by atoms with van der Waals surface area (Å²) in [5.41, 5.74) is 0. The van der Waals surface area contributed by atoms with E-state index in [-0.39, 0.29) is 19.1 Å². The fourth-order valence-corrected chi connectivity index (χ4v) is 1.69. The number of carbonyl (C=O) groups is 1. The quantitative estimate of drug-likeness (QED) is 0.727. The van der Waals surface area contributed by atoms with E-state index in [4.69, 9.17) is 4.74 Å². The summed E-state index contributed by atoms with van der Waals surface area (Å²) >= 11 is 1.56. The largest absolute Gasteiger partial charge is 0.389 e. The van der Waals surface area contributed by atoms with Crippen molar-refractivity contribution in [2.75, 3.05) is 20.3 Å². The number of nitrogens with one attached hydrogen (secondary N) is 1. The molecule has 0 spiro atoms. The average molecular weight is 241 g/mol. The first-order chi connectivity index (χ1) is 7.72. The molecule has 0 aliphatic rings. The lowest BCUT2D eigenvalue weighted by molar-refractivity contribution is -0.117. The molecule has 1 atom stereocenters. The Bertz CT molecular complexity index is 335. The summed E-state index contributed by atoms with van der Waals surface area (Å²) in [6.07, 6.45) is 2.53. The van der Waals surface area contributed by atoms with Gasteiger partial charge in [-0.15, -0.1) is 11.3 Å². The molecule has 1 aromatic rings. The Morgan fingerprint density at radius 2 is 2.56 bits per heavy atom. The second kappa shape index (κ2) is 7.16. The fourth-order valence-electron chi connectivity index (χ4n) is 1.07. The minimum atomic E-state index is -0.663. The van der Waals surface area contributed by atoms with Gasteiger partial charge in [-0.25, -0.2) is 0 Å². The molecule has 1 heterocycles. The Morgan fingerprint density at radius 3 is 3.19 bits per heavy atom. The highest BCUT2D eigenvalue weighted by Gasteiger charge is 2.03. The van der Waals surface area contributed by atoms with Crippen molar-refractivity contribution in [3.05, 3.63) is 28.5 Å². The number of hydrogen-bond acceptors (Lipinski definition) is 4. The number of methoxy groups -OCH3 is 1. The van der Waals surface area contributed by atoms with E-state index in [1.165, 1.54) is 13.2 Å². The lowest BCUT2D eigenvalue weighted by Gasteiger charge is -2.08. The SMILES string of the molecule is COCC(O)CNC(=O)C=Cc1cccs1. The number of carbonyl (C=O) groups excluding carboxylic acids is 1. The normalized spacial score (nSPS) is 12.9. The number of thiophene rings is 1. The van der Waals surface area contributed by atoms with Crippen molar-refractivity contribution in [2.24, 2.45) is 0 Å². The van der Waals surface area contributed by atoms with Crippen molar-refractivity contribution in [2.45, 2.75) is 6.10 Å². The molecular weight excluding hydrogens is 226 g/mol. The Hall–Kier alpha value is -1.17. The van der Waals surface area contributed by atoms with E-state index in [1.54, 1.807) is 17.4 Å². The van der Waals surface area contributed by atoms with Gasteiger partial charge in [0.15, 0.2) is 0 Å². The van der Waals surface area contributed by atoms with Gasteiger partial charge >= 0.3 is 0 Å². The number of aliphatic hydroxyl groups excluding tert-OH is 1. The lowest BCUT2D eigenvalue weighted by atomic mass is 10.3. The third-order valence-corrected chi connectivity index (χ3v) is 2.65. The molecule has 0 saturated heterocycles. The van der Waals surface area contributed by atoms with Crippen molar-refractivity contribution < 1.29 is 14.6 Å². The van der Waals surface area contributed by atoms with Crippen LogP contribution in [0.1, 0.15) is 4.88 Å². The van der Waals surface area contributed by atoms with Gasteiger partial charge in [0.2, 0.25) is 5.91 Å². The van der Waals surface area contributed by atoms with Gasteiger partial charge in [-0.1, -0.05) is 6.07 Å². The Morgan fingerprint density at radius 1 is 1.75 bits per heavy atom. The van der Waals surface area contributed by atoms with E-state index < -0.39 is 6.10 Å². The Balaban J connectivity index is 2.26. The van der Waals surface area contributed by atoms with Crippen LogP contribution in [-0.2, 0) is 9.53 Å². The van der Waals surface area contributed by atoms with Crippen LogP contribution in [0.15, 0.2) is 23.6 Å². The lowest BCUT2D eigenvalue weighted by Crippen LogP contribution is -2.33. The second-order valence-electron chi connectivity index (χ2n) is 3.20. The van der Waals surface area contributed by atoms with Gasteiger partial charge in [0.1, 0.15) is 0 Å². The Kier molecular flexibility index (Phi) is 5.77. The number of ether oxygens (including phenoxy) is 1. The molecule has 2 N–H and O–H groups in total. The zero-order valence-electron chi connectivity index (χ0n) is 9.05. The molecule has 0 bridgehead atoms. The maximum Gasteiger partial charge on any atom is 0.244 e. The van der Waals surface area contributed by atoms with Gasteiger partial charge in [0.25, 0.3) is 0 Å². The molecule has 0 aliphatic carbocycles. The summed E-state index contributed by atoms with van der Waals surface area (Å²) in [7, 11) is 1.50. The molecule has 0 fully saturated rings. The highest BCUT2D eigenvalue weighted by atomic mass is 32.1. The third-order valence-electron chi connectivity index (χ3n) is 1.81. The van der Waals surface area contributed by atoms with Crippen LogP contribution in [0.3, 0.4) is 0 Å². The minimum Gasteiger partial charge on any atom is -0.389 e. The monoisotopic (exact) mass is 241 g/mol. The molecule has 1 aromatic heterocycles. The first kappa shape index (κ1) is 12.9. The minimum absolute atomic E-state index is 0.196.